The summed E-state index contributed by atoms with van der Waals surface area (Å²) in [5.41, 5.74) is 6.51. The SMILES string of the molecule is CCCCCn1nc(C(=O)N2CC3CCC(N)C3C2)c2ccccc2c1=O.Cl. The van der Waals surface area contributed by atoms with Crippen molar-refractivity contribution in [2.24, 2.45) is 17.6 Å². The van der Waals surface area contributed by atoms with Gasteiger partial charge < -0.3 is 10.6 Å². The van der Waals surface area contributed by atoms with Crippen LogP contribution in [-0.4, -0.2) is 39.7 Å². The number of amides is 1. The predicted octanol–water partition coefficient (Wildman–Crippen LogP) is 2.82. The van der Waals surface area contributed by atoms with Crippen LogP contribution in [0.1, 0.15) is 49.5 Å². The summed E-state index contributed by atoms with van der Waals surface area (Å²) in [5, 5.41) is 5.74. The Morgan fingerprint density at radius 1 is 1.18 bits per heavy atom. The summed E-state index contributed by atoms with van der Waals surface area (Å²) >= 11 is 0. The second-order valence-corrected chi connectivity index (χ2v) is 8.00. The van der Waals surface area contributed by atoms with Crippen LogP contribution in [0.4, 0.5) is 0 Å². The minimum atomic E-state index is -0.112. The molecule has 7 heteroatoms. The van der Waals surface area contributed by atoms with Crippen LogP contribution in [0.25, 0.3) is 10.8 Å². The van der Waals surface area contributed by atoms with Crippen LogP contribution in [-0.2, 0) is 6.54 Å². The first-order chi connectivity index (χ1) is 13.1. The van der Waals surface area contributed by atoms with E-state index in [4.69, 9.17) is 5.73 Å². The maximum absolute atomic E-state index is 13.3. The van der Waals surface area contributed by atoms with Gasteiger partial charge in [0.1, 0.15) is 0 Å². The van der Waals surface area contributed by atoms with Crippen LogP contribution in [0, 0.1) is 11.8 Å². The molecule has 28 heavy (non-hydrogen) atoms. The third-order valence-electron chi connectivity index (χ3n) is 6.24. The normalized spacial score (nSPS) is 23.6. The van der Waals surface area contributed by atoms with Gasteiger partial charge in [-0.15, -0.1) is 12.4 Å². The summed E-state index contributed by atoms with van der Waals surface area (Å²) in [6, 6.07) is 7.52. The number of nitrogens with zero attached hydrogens (tertiary/aromatic N) is 3. The molecule has 2 fully saturated rings. The molecule has 1 saturated carbocycles. The quantitative estimate of drug-likeness (QED) is 0.777. The fourth-order valence-corrected chi connectivity index (χ4v) is 4.68. The lowest BCUT2D eigenvalue weighted by molar-refractivity contribution is 0.0773. The average molecular weight is 405 g/mol. The number of carbonyl (C=O) groups excluding carboxylic acids is 1. The van der Waals surface area contributed by atoms with Crippen LogP contribution in [0.2, 0.25) is 0 Å². The highest BCUT2D eigenvalue weighted by atomic mass is 35.5. The summed E-state index contributed by atoms with van der Waals surface area (Å²) in [5.74, 6) is 0.832. The molecule has 2 aromatic rings. The largest absolute Gasteiger partial charge is 0.337 e. The van der Waals surface area contributed by atoms with Gasteiger partial charge in [-0.2, -0.15) is 5.10 Å². The Kier molecular flexibility index (Phi) is 6.40. The lowest BCUT2D eigenvalue weighted by Gasteiger charge is -2.19. The summed E-state index contributed by atoms with van der Waals surface area (Å²) in [4.78, 5) is 28.0. The van der Waals surface area contributed by atoms with E-state index in [-0.39, 0.29) is 29.9 Å². The summed E-state index contributed by atoms with van der Waals surface area (Å²) in [7, 11) is 0. The number of hydrogen-bond donors (Lipinski definition) is 1. The van der Waals surface area contributed by atoms with Gasteiger partial charge in [0.05, 0.1) is 5.39 Å². The molecule has 4 rings (SSSR count). The molecule has 0 radical (unpaired) electrons. The van der Waals surface area contributed by atoms with E-state index in [1.165, 1.54) is 4.68 Å². The molecule has 1 aliphatic carbocycles. The minimum Gasteiger partial charge on any atom is -0.337 e. The van der Waals surface area contributed by atoms with E-state index >= 15 is 0 Å². The first-order valence-electron chi connectivity index (χ1n) is 10.1. The third kappa shape index (κ3) is 3.67. The highest BCUT2D eigenvalue weighted by Gasteiger charge is 2.43. The maximum Gasteiger partial charge on any atom is 0.274 e. The highest BCUT2D eigenvalue weighted by molar-refractivity contribution is 6.04. The Hall–Kier alpha value is -1.92. The molecule has 6 nitrogen and oxygen atoms in total. The van der Waals surface area contributed by atoms with E-state index in [0.29, 0.717) is 41.4 Å². The lowest BCUT2D eigenvalue weighted by Crippen LogP contribution is -2.35. The molecule has 1 aromatic heterocycles. The van der Waals surface area contributed by atoms with Crippen molar-refractivity contribution in [2.45, 2.75) is 51.6 Å². The van der Waals surface area contributed by atoms with Crippen molar-refractivity contribution in [1.29, 1.82) is 0 Å². The van der Waals surface area contributed by atoms with E-state index < -0.39 is 0 Å². The van der Waals surface area contributed by atoms with Gasteiger partial charge in [-0.25, -0.2) is 4.68 Å². The zero-order valence-electron chi connectivity index (χ0n) is 16.3. The Balaban J connectivity index is 0.00000225. The number of unbranched alkanes of at least 4 members (excludes halogenated alkanes) is 2. The molecular formula is C21H29ClN4O2. The number of hydrogen-bond acceptors (Lipinski definition) is 4. The van der Waals surface area contributed by atoms with Gasteiger partial charge in [0, 0.05) is 31.1 Å². The number of aromatic nitrogens is 2. The zero-order valence-corrected chi connectivity index (χ0v) is 17.2. The number of likely N-dealkylation sites (tertiary alicyclic amines) is 1. The van der Waals surface area contributed by atoms with Gasteiger partial charge in [0.2, 0.25) is 0 Å². The summed E-state index contributed by atoms with van der Waals surface area (Å²) in [6.07, 6.45) is 5.15. The first-order valence-corrected chi connectivity index (χ1v) is 10.1. The van der Waals surface area contributed by atoms with Gasteiger partial charge in [0.15, 0.2) is 5.69 Å². The van der Waals surface area contributed by atoms with Crippen molar-refractivity contribution in [2.75, 3.05) is 13.1 Å². The van der Waals surface area contributed by atoms with E-state index in [2.05, 4.69) is 12.0 Å². The maximum atomic E-state index is 13.3. The Bertz CT molecular complexity index is 913. The van der Waals surface area contributed by atoms with E-state index in [1.54, 1.807) is 6.07 Å². The third-order valence-corrected chi connectivity index (χ3v) is 6.24. The van der Waals surface area contributed by atoms with Crippen LogP contribution >= 0.6 is 12.4 Å². The van der Waals surface area contributed by atoms with Crippen molar-refractivity contribution in [1.82, 2.24) is 14.7 Å². The van der Waals surface area contributed by atoms with Gasteiger partial charge in [0.25, 0.3) is 11.5 Å². The second kappa shape index (κ2) is 8.62. The van der Waals surface area contributed by atoms with Crippen LogP contribution < -0.4 is 11.3 Å². The number of halogens is 1. The number of carbonyl (C=O) groups is 1. The van der Waals surface area contributed by atoms with E-state index in [9.17, 15) is 9.59 Å². The van der Waals surface area contributed by atoms with Gasteiger partial charge >= 0.3 is 0 Å². The fraction of sp³-hybridized carbons (Fsp3) is 0.571. The fourth-order valence-electron chi connectivity index (χ4n) is 4.68. The molecule has 0 spiro atoms. The standard InChI is InChI=1S/C21H28N4O2.ClH/c1-2-3-6-11-25-20(26)16-8-5-4-7-15(16)19(23-25)21(27)24-12-14-9-10-18(22)17(14)13-24;/h4-5,7-8,14,17-18H,2-3,6,9-13,22H2,1H3;1H. The molecule has 0 bridgehead atoms. The van der Waals surface area contributed by atoms with Gasteiger partial charge in [-0.3, -0.25) is 9.59 Å². The summed E-state index contributed by atoms with van der Waals surface area (Å²) < 4.78 is 1.48. The van der Waals surface area contributed by atoms with Crippen LogP contribution in [0.3, 0.4) is 0 Å². The topological polar surface area (TPSA) is 81.2 Å². The molecule has 1 aliphatic heterocycles. The van der Waals surface area contributed by atoms with E-state index in [1.807, 2.05) is 23.1 Å². The minimum absolute atomic E-state index is 0. The number of fused-ring (bicyclic) bond motifs is 2. The van der Waals surface area contributed by atoms with Crippen LogP contribution in [0.5, 0.6) is 0 Å². The number of nitrogens with two attached hydrogens (primary N) is 1. The molecule has 152 valence electrons. The molecule has 3 atom stereocenters. The molecule has 2 N–H and O–H groups in total. The van der Waals surface area contributed by atoms with Gasteiger partial charge in [-0.1, -0.05) is 38.0 Å². The molecular weight excluding hydrogens is 376 g/mol. The number of aryl methyl sites for hydroxylation is 1. The lowest BCUT2D eigenvalue weighted by atomic mass is 9.98. The number of benzene rings is 1. The molecule has 1 aromatic carbocycles. The van der Waals surface area contributed by atoms with Crippen molar-refractivity contribution in [3.8, 4) is 0 Å². The Morgan fingerprint density at radius 2 is 1.93 bits per heavy atom. The van der Waals surface area contributed by atoms with E-state index in [0.717, 1.165) is 38.6 Å². The zero-order chi connectivity index (χ0) is 19.0. The van der Waals surface area contributed by atoms with Gasteiger partial charge in [-0.05, 0) is 37.2 Å². The molecule has 2 aliphatic rings. The van der Waals surface area contributed by atoms with Crippen LogP contribution in [0.15, 0.2) is 29.1 Å². The average Bonchev–Trinajstić information content (AvgIpc) is 3.25. The van der Waals surface area contributed by atoms with Crippen molar-refractivity contribution in [3.63, 3.8) is 0 Å². The Labute approximate surface area is 171 Å². The number of rotatable bonds is 5. The highest BCUT2D eigenvalue weighted by Crippen LogP contribution is 2.37. The van der Waals surface area contributed by atoms with Crippen molar-refractivity contribution >= 4 is 29.1 Å². The van der Waals surface area contributed by atoms with Crippen molar-refractivity contribution < 1.29 is 4.79 Å². The monoisotopic (exact) mass is 404 g/mol. The molecule has 2 heterocycles. The molecule has 1 amide bonds. The Morgan fingerprint density at radius 3 is 2.64 bits per heavy atom. The van der Waals surface area contributed by atoms with Crippen molar-refractivity contribution in [3.05, 3.63) is 40.3 Å². The first kappa shape index (κ1) is 20.8. The summed E-state index contributed by atoms with van der Waals surface area (Å²) in [6.45, 7) is 4.13. The smallest absolute Gasteiger partial charge is 0.274 e. The predicted molar refractivity (Wildman–Crippen MR) is 113 cm³/mol. The molecule has 3 unspecified atom stereocenters. The second-order valence-electron chi connectivity index (χ2n) is 8.00. The molecule has 1 saturated heterocycles.